The first-order valence-corrected chi connectivity index (χ1v) is 10.8. The average Bonchev–Trinajstić information content (AvgIpc) is 3.01. The van der Waals surface area contributed by atoms with Crippen molar-refractivity contribution in [1.29, 1.82) is 0 Å². The van der Waals surface area contributed by atoms with E-state index in [2.05, 4.69) is 25.6 Å². The van der Waals surface area contributed by atoms with Gasteiger partial charge in [0.25, 0.3) is 10.0 Å². The molecule has 1 amide bonds. The van der Waals surface area contributed by atoms with Gasteiger partial charge in [-0.2, -0.15) is 8.42 Å². The molecule has 0 bridgehead atoms. The van der Waals surface area contributed by atoms with Crippen molar-refractivity contribution in [2.75, 3.05) is 18.9 Å². The molecule has 0 radical (unpaired) electrons. The van der Waals surface area contributed by atoms with Crippen molar-refractivity contribution >= 4 is 43.4 Å². The van der Waals surface area contributed by atoms with Crippen LogP contribution in [0, 0.1) is 0 Å². The van der Waals surface area contributed by atoms with Crippen LogP contribution < -0.4 is 5.32 Å². The molecule has 1 N–H and O–H groups in total. The summed E-state index contributed by atoms with van der Waals surface area (Å²) >= 11 is 3.36. The Morgan fingerprint density at radius 3 is 2.41 bits per heavy atom. The van der Waals surface area contributed by atoms with E-state index in [0.717, 1.165) is 23.0 Å². The molecule has 1 aliphatic heterocycles. The summed E-state index contributed by atoms with van der Waals surface area (Å²) in [6.07, 6.45) is 1.82. The van der Waals surface area contributed by atoms with Gasteiger partial charge in [-0.15, -0.1) is 4.40 Å². The number of hydrogen-bond donors (Lipinski definition) is 1. The van der Waals surface area contributed by atoms with E-state index in [4.69, 9.17) is 0 Å². The fraction of sp³-hybridized carbons (Fsp3) is 0.263. The maximum Gasteiger partial charge on any atom is 0.283 e. The summed E-state index contributed by atoms with van der Waals surface area (Å²) in [5, 5.41) is 2.77. The highest BCUT2D eigenvalue weighted by molar-refractivity contribution is 9.10. The number of amidine groups is 1. The Labute approximate surface area is 167 Å². The zero-order valence-corrected chi connectivity index (χ0v) is 17.3. The topological polar surface area (TPSA) is 78.8 Å². The van der Waals surface area contributed by atoms with Crippen LogP contribution in [0.5, 0.6) is 0 Å². The van der Waals surface area contributed by atoms with Crippen LogP contribution in [0.25, 0.3) is 0 Å². The molecule has 0 aromatic heterocycles. The highest BCUT2D eigenvalue weighted by Gasteiger charge is 2.20. The first-order valence-electron chi connectivity index (χ1n) is 8.53. The quantitative estimate of drug-likeness (QED) is 0.757. The van der Waals surface area contributed by atoms with Gasteiger partial charge in [-0.05, 0) is 48.4 Å². The Morgan fingerprint density at radius 2 is 1.81 bits per heavy atom. The minimum Gasteiger partial charge on any atom is -0.362 e. The minimum atomic E-state index is -3.75. The van der Waals surface area contributed by atoms with Crippen LogP contribution in [0.4, 0.5) is 5.69 Å². The van der Waals surface area contributed by atoms with Gasteiger partial charge in [-0.3, -0.25) is 4.79 Å². The Morgan fingerprint density at radius 1 is 1.15 bits per heavy atom. The van der Waals surface area contributed by atoms with Gasteiger partial charge in [0.1, 0.15) is 5.84 Å². The standard InChI is InChI=1S/C19H20BrN3O3S/c1-23-12-2-3-18(23)22-27(25,26)17-10-8-16(9-11-17)21-19(24)13-14-4-6-15(20)7-5-14/h4-11H,2-3,12-13H2,1H3,(H,21,24)/b22-18+. The normalized spacial score (nSPS) is 15.9. The Hall–Kier alpha value is -2.19. The van der Waals surface area contributed by atoms with Crippen molar-refractivity contribution < 1.29 is 13.2 Å². The van der Waals surface area contributed by atoms with E-state index in [1.54, 1.807) is 12.1 Å². The first kappa shape index (κ1) is 19.6. The molecular weight excluding hydrogens is 430 g/mol. The summed E-state index contributed by atoms with van der Waals surface area (Å²) in [4.78, 5) is 14.1. The van der Waals surface area contributed by atoms with Gasteiger partial charge in [0.15, 0.2) is 0 Å². The number of benzene rings is 2. The minimum absolute atomic E-state index is 0.112. The van der Waals surface area contributed by atoms with Crippen LogP contribution in [0.3, 0.4) is 0 Å². The van der Waals surface area contributed by atoms with Gasteiger partial charge in [0.05, 0.1) is 11.3 Å². The number of rotatable bonds is 5. The van der Waals surface area contributed by atoms with E-state index in [1.165, 1.54) is 12.1 Å². The van der Waals surface area contributed by atoms with Crippen molar-refractivity contribution in [3.8, 4) is 0 Å². The van der Waals surface area contributed by atoms with Crippen molar-refractivity contribution in [3.63, 3.8) is 0 Å². The molecule has 3 rings (SSSR count). The molecule has 1 heterocycles. The summed E-state index contributed by atoms with van der Waals surface area (Å²) in [6.45, 7) is 0.817. The lowest BCUT2D eigenvalue weighted by atomic mass is 10.1. The van der Waals surface area contributed by atoms with Crippen molar-refractivity contribution in [2.45, 2.75) is 24.2 Å². The number of carbonyl (C=O) groups is 1. The molecule has 8 heteroatoms. The van der Waals surface area contributed by atoms with Gasteiger partial charge in [0.2, 0.25) is 5.91 Å². The summed E-state index contributed by atoms with van der Waals surface area (Å²) in [5.74, 6) is 0.419. The van der Waals surface area contributed by atoms with Crippen molar-refractivity contribution in [1.82, 2.24) is 4.90 Å². The smallest absolute Gasteiger partial charge is 0.283 e. The van der Waals surface area contributed by atoms with Crippen LogP contribution in [-0.2, 0) is 21.2 Å². The zero-order chi connectivity index (χ0) is 19.4. The van der Waals surface area contributed by atoms with Gasteiger partial charge >= 0.3 is 0 Å². The summed E-state index contributed by atoms with van der Waals surface area (Å²) in [7, 11) is -1.91. The molecule has 0 unspecified atom stereocenters. The molecule has 2 aromatic carbocycles. The lowest BCUT2D eigenvalue weighted by molar-refractivity contribution is -0.115. The lowest BCUT2D eigenvalue weighted by Crippen LogP contribution is -2.20. The second kappa shape index (κ2) is 8.22. The second-order valence-corrected chi connectivity index (χ2v) is 8.90. The number of hydrogen-bond acceptors (Lipinski definition) is 3. The predicted molar refractivity (Wildman–Crippen MR) is 109 cm³/mol. The van der Waals surface area contributed by atoms with Crippen LogP contribution in [-0.4, -0.2) is 38.7 Å². The molecule has 0 saturated carbocycles. The number of sulfonamides is 1. The van der Waals surface area contributed by atoms with E-state index in [-0.39, 0.29) is 17.2 Å². The first-order chi connectivity index (χ1) is 12.8. The van der Waals surface area contributed by atoms with E-state index < -0.39 is 10.0 Å². The molecule has 6 nitrogen and oxygen atoms in total. The van der Waals surface area contributed by atoms with Gasteiger partial charge in [0, 0.05) is 30.2 Å². The summed E-state index contributed by atoms with van der Waals surface area (Å²) in [6, 6.07) is 13.6. The molecule has 142 valence electrons. The number of anilines is 1. The number of nitrogens with one attached hydrogen (secondary N) is 1. The molecular formula is C19H20BrN3O3S. The van der Waals surface area contributed by atoms with E-state index in [9.17, 15) is 13.2 Å². The maximum absolute atomic E-state index is 12.4. The maximum atomic E-state index is 12.4. The van der Waals surface area contributed by atoms with E-state index in [1.807, 2.05) is 36.2 Å². The largest absolute Gasteiger partial charge is 0.362 e. The van der Waals surface area contributed by atoms with Gasteiger partial charge in [-0.25, -0.2) is 0 Å². The lowest BCUT2D eigenvalue weighted by Gasteiger charge is -2.11. The number of nitrogens with zero attached hydrogens (tertiary/aromatic N) is 2. The van der Waals surface area contributed by atoms with Crippen LogP contribution in [0.15, 0.2) is 62.3 Å². The third-order valence-electron chi connectivity index (χ3n) is 4.27. The van der Waals surface area contributed by atoms with Gasteiger partial charge < -0.3 is 10.2 Å². The van der Waals surface area contributed by atoms with Crippen molar-refractivity contribution in [3.05, 3.63) is 58.6 Å². The van der Waals surface area contributed by atoms with Crippen LogP contribution in [0.2, 0.25) is 0 Å². The molecule has 1 aliphatic rings. The highest BCUT2D eigenvalue weighted by Crippen LogP contribution is 2.19. The summed E-state index contributed by atoms with van der Waals surface area (Å²) in [5.41, 5.74) is 1.44. The SMILES string of the molecule is CN1CCC/C1=N\S(=O)(=O)c1ccc(NC(=O)Cc2ccc(Br)cc2)cc1. The second-order valence-electron chi connectivity index (χ2n) is 6.38. The number of halogens is 1. The fourth-order valence-electron chi connectivity index (χ4n) is 2.80. The summed E-state index contributed by atoms with van der Waals surface area (Å²) < 4.78 is 29.8. The fourth-order valence-corrected chi connectivity index (χ4v) is 4.16. The van der Waals surface area contributed by atoms with Crippen molar-refractivity contribution in [2.24, 2.45) is 4.40 Å². The third-order valence-corrected chi connectivity index (χ3v) is 6.12. The van der Waals surface area contributed by atoms with E-state index >= 15 is 0 Å². The molecule has 1 fully saturated rings. The number of likely N-dealkylation sites (tertiary alicyclic amines) is 1. The molecule has 0 spiro atoms. The predicted octanol–water partition coefficient (Wildman–Crippen LogP) is 3.44. The van der Waals surface area contributed by atoms with Crippen LogP contribution >= 0.6 is 15.9 Å². The number of carbonyl (C=O) groups excluding carboxylic acids is 1. The van der Waals surface area contributed by atoms with Gasteiger partial charge in [-0.1, -0.05) is 28.1 Å². The highest BCUT2D eigenvalue weighted by atomic mass is 79.9. The number of amides is 1. The molecule has 27 heavy (non-hydrogen) atoms. The Bertz CT molecular complexity index is 955. The molecule has 1 saturated heterocycles. The zero-order valence-electron chi connectivity index (χ0n) is 14.9. The Balaban J connectivity index is 1.66. The average molecular weight is 450 g/mol. The van der Waals surface area contributed by atoms with E-state index in [0.29, 0.717) is 17.9 Å². The monoisotopic (exact) mass is 449 g/mol. The third kappa shape index (κ3) is 5.17. The molecule has 0 atom stereocenters. The Kier molecular flexibility index (Phi) is 5.96. The van der Waals surface area contributed by atoms with Crippen LogP contribution in [0.1, 0.15) is 18.4 Å². The molecule has 2 aromatic rings. The molecule has 0 aliphatic carbocycles.